The monoisotopic (exact) mass is 465 g/mol. The molecular formula is C29H39NO4. The summed E-state index contributed by atoms with van der Waals surface area (Å²) < 4.78 is 12.1. The van der Waals surface area contributed by atoms with Crippen molar-refractivity contribution >= 4 is 11.6 Å². The molecule has 184 valence electrons. The number of carbonyl (C=O) groups excluding carboxylic acids is 2. The highest BCUT2D eigenvalue weighted by Crippen LogP contribution is 2.53. The van der Waals surface area contributed by atoms with E-state index in [9.17, 15) is 9.59 Å². The van der Waals surface area contributed by atoms with E-state index in [-0.39, 0.29) is 28.3 Å². The third-order valence-electron chi connectivity index (χ3n) is 7.51. The van der Waals surface area contributed by atoms with Gasteiger partial charge in [0.25, 0.3) is 0 Å². The molecule has 0 N–H and O–H groups in total. The third kappa shape index (κ3) is 4.59. The number of benzene rings is 1. The maximum Gasteiger partial charge on any atom is 0.163 e. The molecular weight excluding hydrogens is 426 g/mol. The van der Waals surface area contributed by atoms with Crippen molar-refractivity contribution in [2.45, 2.75) is 79.7 Å². The van der Waals surface area contributed by atoms with Crippen LogP contribution >= 0.6 is 0 Å². The van der Waals surface area contributed by atoms with Gasteiger partial charge in [0.2, 0.25) is 0 Å². The van der Waals surface area contributed by atoms with Crippen molar-refractivity contribution in [1.82, 2.24) is 4.90 Å². The van der Waals surface area contributed by atoms with Crippen molar-refractivity contribution in [3.8, 4) is 5.75 Å². The fourth-order valence-electron chi connectivity index (χ4n) is 5.80. The lowest BCUT2D eigenvalue weighted by atomic mass is 9.65. The van der Waals surface area contributed by atoms with Crippen LogP contribution in [0.2, 0.25) is 0 Å². The summed E-state index contributed by atoms with van der Waals surface area (Å²) in [6.45, 7) is 15.4. The van der Waals surface area contributed by atoms with E-state index in [2.05, 4.69) is 52.5 Å². The van der Waals surface area contributed by atoms with Gasteiger partial charge in [0.1, 0.15) is 17.3 Å². The maximum absolute atomic E-state index is 13.5. The van der Waals surface area contributed by atoms with Crippen molar-refractivity contribution in [2.24, 2.45) is 10.8 Å². The van der Waals surface area contributed by atoms with Crippen molar-refractivity contribution in [3.63, 3.8) is 0 Å². The second-order valence-corrected chi connectivity index (χ2v) is 11.6. The molecule has 0 saturated carbocycles. The first-order chi connectivity index (χ1) is 16.0. The Balaban J connectivity index is 1.88. The fraction of sp³-hybridized carbons (Fsp3) is 0.586. The Kier molecular flexibility index (Phi) is 6.54. The molecule has 1 aliphatic heterocycles. The van der Waals surface area contributed by atoms with Gasteiger partial charge in [-0.2, -0.15) is 0 Å². The Morgan fingerprint density at radius 2 is 1.44 bits per heavy atom. The minimum absolute atomic E-state index is 0.0987. The average Bonchev–Trinajstić information content (AvgIpc) is 2.74. The Bertz CT molecular complexity index is 1020. The molecule has 0 atom stereocenters. The van der Waals surface area contributed by atoms with Gasteiger partial charge in [0.05, 0.1) is 7.11 Å². The maximum atomic E-state index is 13.5. The number of hydrogen-bond donors (Lipinski definition) is 0. The summed E-state index contributed by atoms with van der Waals surface area (Å²) in [6.07, 6.45) is 2.35. The molecule has 0 bridgehead atoms. The van der Waals surface area contributed by atoms with Crippen LogP contribution in [0.25, 0.3) is 0 Å². The normalized spacial score (nSPS) is 22.0. The Labute approximate surface area is 204 Å². The van der Waals surface area contributed by atoms with Crippen molar-refractivity contribution in [2.75, 3.05) is 20.2 Å². The predicted molar refractivity (Wildman–Crippen MR) is 134 cm³/mol. The van der Waals surface area contributed by atoms with Gasteiger partial charge in [0, 0.05) is 54.9 Å². The molecule has 0 aromatic heterocycles. The molecule has 0 amide bonds. The summed E-state index contributed by atoms with van der Waals surface area (Å²) in [5.41, 5.74) is 3.12. The van der Waals surface area contributed by atoms with E-state index < -0.39 is 0 Å². The van der Waals surface area contributed by atoms with Crippen molar-refractivity contribution in [1.29, 1.82) is 0 Å². The third-order valence-corrected chi connectivity index (χ3v) is 7.51. The van der Waals surface area contributed by atoms with Crippen LogP contribution in [0, 0.1) is 10.8 Å². The largest absolute Gasteiger partial charge is 0.496 e. The van der Waals surface area contributed by atoms with Crippen LogP contribution in [0.4, 0.5) is 0 Å². The van der Waals surface area contributed by atoms with Crippen LogP contribution in [0.3, 0.4) is 0 Å². The van der Waals surface area contributed by atoms with Gasteiger partial charge in [-0.25, -0.2) is 0 Å². The lowest BCUT2D eigenvalue weighted by Crippen LogP contribution is -2.37. The van der Waals surface area contributed by atoms with Gasteiger partial charge in [-0.15, -0.1) is 0 Å². The molecule has 1 aromatic carbocycles. The molecule has 5 nitrogen and oxygen atoms in total. The predicted octanol–water partition coefficient (Wildman–Crippen LogP) is 5.94. The molecule has 0 spiro atoms. The lowest BCUT2D eigenvalue weighted by Gasteiger charge is -2.42. The molecule has 4 rings (SSSR count). The van der Waals surface area contributed by atoms with Gasteiger partial charge in [-0.3, -0.25) is 14.5 Å². The highest BCUT2D eigenvalue weighted by Gasteiger charge is 2.47. The van der Waals surface area contributed by atoms with Crippen LogP contribution < -0.4 is 4.74 Å². The summed E-state index contributed by atoms with van der Waals surface area (Å²) in [5, 5.41) is 0. The second kappa shape index (κ2) is 8.99. The SMILES string of the molecule is CCN(CC)Cc1cc(C2C3=C(CC(C)(C)CC3=O)OC3=C2C(=O)CC(C)(C)C3)ccc1OC. The topological polar surface area (TPSA) is 55.8 Å². The Morgan fingerprint density at radius 1 is 0.912 bits per heavy atom. The number of allylic oxidation sites excluding steroid dienone is 4. The van der Waals surface area contributed by atoms with E-state index in [4.69, 9.17) is 9.47 Å². The fourth-order valence-corrected chi connectivity index (χ4v) is 5.80. The molecule has 0 radical (unpaired) electrons. The smallest absolute Gasteiger partial charge is 0.163 e. The number of nitrogens with zero attached hydrogens (tertiary/aromatic N) is 1. The molecule has 3 aliphatic rings. The minimum Gasteiger partial charge on any atom is -0.496 e. The van der Waals surface area contributed by atoms with Crippen LogP contribution in [0.15, 0.2) is 40.9 Å². The summed E-state index contributed by atoms with van der Waals surface area (Å²) in [7, 11) is 1.69. The van der Waals surface area contributed by atoms with E-state index in [1.54, 1.807) is 7.11 Å². The summed E-state index contributed by atoms with van der Waals surface area (Å²) in [4.78, 5) is 29.4. The summed E-state index contributed by atoms with van der Waals surface area (Å²) >= 11 is 0. The summed E-state index contributed by atoms with van der Waals surface area (Å²) in [5.74, 6) is 2.18. The molecule has 34 heavy (non-hydrogen) atoms. The van der Waals surface area contributed by atoms with Gasteiger partial charge in [0.15, 0.2) is 11.6 Å². The molecule has 0 fully saturated rings. The Morgan fingerprint density at radius 3 is 1.91 bits per heavy atom. The first-order valence-electron chi connectivity index (χ1n) is 12.6. The van der Waals surface area contributed by atoms with Gasteiger partial charge < -0.3 is 9.47 Å². The minimum atomic E-state index is -0.368. The molecule has 5 heteroatoms. The summed E-state index contributed by atoms with van der Waals surface area (Å²) in [6, 6.07) is 6.15. The zero-order valence-electron chi connectivity index (χ0n) is 21.8. The second-order valence-electron chi connectivity index (χ2n) is 11.6. The van der Waals surface area contributed by atoms with E-state index in [1.165, 1.54) is 0 Å². The lowest BCUT2D eigenvalue weighted by molar-refractivity contribution is -0.120. The van der Waals surface area contributed by atoms with E-state index in [0.717, 1.165) is 48.0 Å². The van der Waals surface area contributed by atoms with Crippen molar-refractivity contribution < 1.29 is 19.1 Å². The van der Waals surface area contributed by atoms with E-state index in [0.29, 0.717) is 36.8 Å². The van der Waals surface area contributed by atoms with E-state index >= 15 is 0 Å². The number of hydrogen-bond acceptors (Lipinski definition) is 5. The van der Waals surface area contributed by atoms with Gasteiger partial charge in [-0.1, -0.05) is 47.6 Å². The number of ether oxygens (including phenoxy) is 2. The zero-order valence-corrected chi connectivity index (χ0v) is 21.8. The van der Waals surface area contributed by atoms with Crippen LogP contribution in [-0.2, 0) is 20.9 Å². The zero-order chi connectivity index (χ0) is 24.8. The van der Waals surface area contributed by atoms with Crippen LogP contribution in [0.1, 0.15) is 84.3 Å². The first kappa shape index (κ1) is 24.7. The highest BCUT2D eigenvalue weighted by atomic mass is 16.5. The molecule has 2 aliphatic carbocycles. The number of methoxy groups -OCH3 is 1. The molecule has 0 unspecified atom stereocenters. The first-order valence-corrected chi connectivity index (χ1v) is 12.6. The number of Topliss-reactive ketones (excluding diaryl/α,β-unsaturated/α-hetero) is 2. The standard InChI is InChI=1S/C29H39NO4/c1-8-30(9-2)17-19-12-18(10-11-22(19)33-7)25-26-20(31)13-28(3,4)15-23(26)34-24-16-29(5,6)14-21(32)27(24)25/h10-12,25H,8-9,13-17H2,1-7H3. The number of rotatable bonds is 6. The molecule has 1 aromatic rings. The van der Waals surface area contributed by atoms with Gasteiger partial charge in [-0.05, 0) is 41.6 Å². The van der Waals surface area contributed by atoms with Crippen molar-refractivity contribution in [3.05, 3.63) is 52.0 Å². The van der Waals surface area contributed by atoms with Crippen LogP contribution in [0.5, 0.6) is 5.75 Å². The number of ketones is 2. The van der Waals surface area contributed by atoms with Gasteiger partial charge >= 0.3 is 0 Å². The van der Waals surface area contributed by atoms with E-state index in [1.807, 2.05) is 12.1 Å². The molecule has 1 heterocycles. The highest BCUT2D eigenvalue weighted by molar-refractivity contribution is 6.06. The molecule has 0 saturated heterocycles. The average molecular weight is 466 g/mol. The number of carbonyl (C=O) groups is 2. The quantitative estimate of drug-likeness (QED) is 0.521. The Hall–Kier alpha value is -2.40. The van der Waals surface area contributed by atoms with Crippen LogP contribution in [-0.4, -0.2) is 36.7 Å².